The standard InChI is InChI=1S/C9H8N2O5/c1-2-7-8(10(13)14)3-6(5-12)4-9(7)11(15)16/h3-5H,2H2,1H3. The van der Waals surface area contributed by atoms with Crippen LogP contribution >= 0.6 is 0 Å². The molecule has 7 heteroatoms. The van der Waals surface area contributed by atoms with Gasteiger partial charge in [0.25, 0.3) is 11.4 Å². The molecule has 0 aliphatic heterocycles. The molecule has 0 amide bonds. The minimum atomic E-state index is -0.723. The molecular formula is C9H8N2O5. The highest BCUT2D eigenvalue weighted by Crippen LogP contribution is 2.30. The van der Waals surface area contributed by atoms with Crippen molar-refractivity contribution in [3.05, 3.63) is 43.5 Å². The lowest BCUT2D eigenvalue weighted by atomic mass is 10.0. The number of nitrogens with zero attached hydrogens (tertiary/aromatic N) is 2. The SMILES string of the molecule is CCc1c([N+](=O)[O-])cc(C=O)cc1[N+](=O)[O-]. The predicted molar refractivity (Wildman–Crippen MR) is 54.5 cm³/mol. The van der Waals surface area contributed by atoms with Crippen molar-refractivity contribution in [1.29, 1.82) is 0 Å². The summed E-state index contributed by atoms with van der Waals surface area (Å²) in [5.41, 5.74) is -0.825. The van der Waals surface area contributed by atoms with E-state index in [1.54, 1.807) is 6.92 Å². The second kappa shape index (κ2) is 4.47. The highest BCUT2D eigenvalue weighted by Gasteiger charge is 2.24. The Labute approximate surface area is 90.0 Å². The average Bonchev–Trinajstić information content (AvgIpc) is 2.26. The van der Waals surface area contributed by atoms with E-state index in [1.165, 1.54) is 0 Å². The molecular weight excluding hydrogens is 216 g/mol. The van der Waals surface area contributed by atoms with E-state index >= 15 is 0 Å². The van der Waals surface area contributed by atoms with E-state index in [1.807, 2.05) is 0 Å². The molecule has 0 aliphatic rings. The Morgan fingerprint density at radius 3 is 1.88 bits per heavy atom. The number of aldehydes is 1. The minimum absolute atomic E-state index is 0.0283. The summed E-state index contributed by atoms with van der Waals surface area (Å²) in [5.74, 6) is 0. The zero-order valence-corrected chi connectivity index (χ0v) is 8.37. The molecule has 0 aliphatic carbocycles. The third-order valence-corrected chi connectivity index (χ3v) is 2.11. The van der Waals surface area contributed by atoms with E-state index in [4.69, 9.17) is 0 Å². The lowest BCUT2D eigenvalue weighted by molar-refractivity contribution is -0.395. The molecule has 0 N–H and O–H groups in total. The largest absolute Gasteiger partial charge is 0.298 e. The van der Waals surface area contributed by atoms with Crippen LogP contribution in [-0.4, -0.2) is 16.1 Å². The van der Waals surface area contributed by atoms with Gasteiger partial charge in [0.2, 0.25) is 0 Å². The van der Waals surface area contributed by atoms with Crippen LogP contribution in [0, 0.1) is 20.2 Å². The zero-order valence-electron chi connectivity index (χ0n) is 8.37. The van der Waals surface area contributed by atoms with Gasteiger partial charge in [-0.25, -0.2) is 0 Å². The molecule has 0 saturated carbocycles. The molecule has 0 aromatic heterocycles. The van der Waals surface area contributed by atoms with Crippen LogP contribution in [0.1, 0.15) is 22.8 Å². The van der Waals surface area contributed by atoms with Crippen molar-refractivity contribution in [1.82, 2.24) is 0 Å². The molecule has 1 aromatic carbocycles. The lowest BCUT2D eigenvalue weighted by Gasteiger charge is -2.02. The van der Waals surface area contributed by atoms with Gasteiger partial charge in [-0.1, -0.05) is 6.92 Å². The Bertz CT molecular complexity index is 434. The summed E-state index contributed by atoms with van der Waals surface area (Å²) >= 11 is 0. The highest BCUT2D eigenvalue weighted by atomic mass is 16.6. The first kappa shape index (κ1) is 11.8. The molecule has 1 rings (SSSR count). The van der Waals surface area contributed by atoms with Crippen LogP contribution in [-0.2, 0) is 6.42 Å². The maximum absolute atomic E-state index is 10.7. The zero-order chi connectivity index (χ0) is 12.3. The molecule has 0 atom stereocenters. The third kappa shape index (κ3) is 2.02. The Morgan fingerprint density at radius 1 is 1.19 bits per heavy atom. The van der Waals surface area contributed by atoms with Crippen molar-refractivity contribution >= 4 is 17.7 Å². The van der Waals surface area contributed by atoms with Crippen LogP contribution in [0.15, 0.2) is 12.1 Å². The van der Waals surface area contributed by atoms with Gasteiger partial charge in [-0.3, -0.25) is 25.0 Å². The Hall–Kier alpha value is -2.31. The van der Waals surface area contributed by atoms with Gasteiger partial charge in [-0.2, -0.15) is 0 Å². The fourth-order valence-corrected chi connectivity index (χ4v) is 1.42. The molecule has 0 fully saturated rings. The summed E-state index contributed by atoms with van der Waals surface area (Å²) in [6.45, 7) is 1.58. The van der Waals surface area contributed by atoms with Gasteiger partial charge in [0.1, 0.15) is 5.56 Å². The maximum atomic E-state index is 10.7. The van der Waals surface area contributed by atoms with Crippen molar-refractivity contribution in [2.75, 3.05) is 0 Å². The quantitative estimate of drug-likeness (QED) is 0.441. The third-order valence-electron chi connectivity index (χ3n) is 2.11. The van der Waals surface area contributed by atoms with Crippen LogP contribution in [0.2, 0.25) is 0 Å². The van der Waals surface area contributed by atoms with Gasteiger partial charge in [-0.05, 0) is 6.42 Å². The molecule has 0 spiro atoms. The first-order chi connectivity index (χ1) is 7.51. The maximum Gasteiger partial charge on any atom is 0.280 e. The van der Waals surface area contributed by atoms with Gasteiger partial charge in [0.05, 0.1) is 9.85 Å². The lowest BCUT2D eigenvalue weighted by Crippen LogP contribution is -2.01. The van der Waals surface area contributed by atoms with Crippen molar-refractivity contribution in [3.8, 4) is 0 Å². The number of hydrogen-bond donors (Lipinski definition) is 0. The number of nitro groups is 2. The fraction of sp³-hybridized carbons (Fsp3) is 0.222. The molecule has 0 radical (unpaired) electrons. The second-order valence-corrected chi connectivity index (χ2v) is 3.02. The van der Waals surface area contributed by atoms with Gasteiger partial charge in [0.15, 0.2) is 6.29 Å². The molecule has 0 heterocycles. The number of carbonyl (C=O) groups is 1. The van der Waals surface area contributed by atoms with Crippen LogP contribution in [0.4, 0.5) is 11.4 Å². The number of carbonyl (C=O) groups excluding carboxylic acids is 1. The molecule has 0 saturated heterocycles. The summed E-state index contributed by atoms with van der Waals surface area (Å²) in [7, 11) is 0. The highest BCUT2D eigenvalue weighted by molar-refractivity contribution is 5.79. The van der Waals surface area contributed by atoms with Crippen molar-refractivity contribution < 1.29 is 14.6 Å². The topological polar surface area (TPSA) is 103 Å². The van der Waals surface area contributed by atoms with E-state index in [9.17, 15) is 25.0 Å². The Balaban J connectivity index is 3.58. The summed E-state index contributed by atoms with van der Waals surface area (Å²) in [6, 6.07) is 2.08. The van der Waals surface area contributed by atoms with Crippen LogP contribution in [0.25, 0.3) is 0 Å². The van der Waals surface area contributed by atoms with Gasteiger partial charge in [-0.15, -0.1) is 0 Å². The van der Waals surface area contributed by atoms with Crippen LogP contribution < -0.4 is 0 Å². The Morgan fingerprint density at radius 2 is 1.62 bits per heavy atom. The average molecular weight is 224 g/mol. The van der Waals surface area contributed by atoms with Gasteiger partial charge in [0, 0.05) is 17.7 Å². The Kier molecular flexibility index (Phi) is 3.29. The number of rotatable bonds is 4. The van der Waals surface area contributed by atoms with Crippen molar-refractivity contribution in [2.45, 2.75) is 13.3 Å². The van der Waals surface area contributed by atoms with E-state index in [0.29, 0.717) is 6.29 Å². The predicted octanol–water partition coefficient (Wildman–Crippen LogP) is 1.88. The second-order valence-electron chi connectivity index (χ2n) is 3.02. The van der Waals surface area contributed by atoms with E-state index < -0.39 is 9.85 Å². The van der Waals surface area contributed by atoms with E-state index in [0.717, 1.165) is 12.1 Å². The first-order valence-electron chi connectivity index (χ1n) is 4.42. The minimum Gasteiger partial charge on any atom is -0.298 e. The normalized spacial score (nSPS) is 9.81. The van der Waals surface area contributed by atoms with Crippen LogP contribution in [0.5, 0.6) is 0 Å². The van der Waals surface area contributed by atoms with E-state index in [2.05, 4.69) is 0 Å². The number of nitro benzene ring substituents is 2. The molecule has 1 aromatic rings. The summed E-state index contributed by atoms with van der Waals surface area (Å²) in [6.07, 6.45) is 0.505. The van der Waals surface area contributed by atoms with E-state index in [-0.39, 0.29) is 28.9 Å². The first-order valence-corrected chi connectivity index (χ1v) is 4.42. The fourth-order valence-electron chi connectivity index (χ4n) is 1.42. The van der Waals surface area contributed by atoms with Crippen molar-refractivity contribution in [2.24, 2.45) is 0 Å². The summed E-state index contributed by atoms with van der Waals surface area (Å²) in [5, 5.41) is 21.4. The number of benzene rings is 1. The molecule has 84 valence electrons. The van der Waals surface area contributed by atoms with Gasteiger partial charge < -0.3 is 0 Å². The van der Waals surface area contributed by atoms with Crippen molar-refractivity contribution in [3.63, 3.8) is 0 Å². The smallest absolute Gasteiger partial charge is 0.280 e. The number of hydrogen-bond acceptors (Lipinski definition) is 5. The van der Waals surface area contributed by atoms with Crippen LogP contribution in [0.3, 0.4) is 0 Å². The summed E-state index contributed by atoms with van der Waals surface area (Å²) in [4.78, 5) is 30.4. The monoisotopic (exact) mass is 224 g/mol. The molecule has 16 heavy (non-hydrogen) atoms. The van der Waals surface area contributed by atoms with Gasteiger partial charge >= 0.3 is 0 Å². The molecule has 7 nitrogen and oxygen atoms in total. The molecule has 0 unspecified atom stereocenters. The summed E-state index contributed by atoms with van der Waals surface area (Å²) < 4.78 is 0. The molecule has 0 bridgehead atoms.